The molecule has 4 heteroatoms. The summed E-state index contributed by atoms with van der Waals surface area (Å²) >= 11 is 6.31. The minimum atomic E-state index is 0.761. The molecule has 2 aromatic rings. The van der Waals surface area contributed by atoms with E-state index in [9.17, 15) is 0 Å². The molecule has 2 aromatic carbocycles. The van der Waals surface area contributed by atoms with Crippen molar-refractivity contribution in [2.75, 3.05) is 33.8 Å². The molecule has 0 aromatic heterocycles. The monoisotopic (exact) mass is 358 g/mol. The van der Waals surface area contributed by atoms with Crippen LogP contribution in [0.15, 0.2) is 42.5 Å². The summed E-state index contributed by atoms with van der Waals surface area (Å²) in [4.78, 5) is 4.66. The zero-order valence-corrected chi connectivity index (χ0v) is 15.9. The number of hydrogen-bond acceptors (Lipinski definition) is 3. The van der Waals surface area contributed by atoms with Crippen LogP contribution in [0.4, 0.5) is 0 Å². The number of ether oxygens (including phenoxy) is 1. The van der Waals surface area contributed by atoms with Gasteiger partial charge in [0.25, 0.3) is 0 Å². The molecule has 0 radical (unpaired) electrons. The Bertz CT molecular complexity index is 702. The lowest BCUT2D eigenvalue weighted by atomic mass is 9.99. The third-order valence-electron chi connectivity index (χ3n) is 4.61. The van der Waals surface area contributed by atoms with Gasteiger partial charge in [0.2, 0.25) is 0 Å². The summed E-state index contributed by atoms with van der Waals surface area (Å²) in [6, 6.07) is 14.7. The van der Waals surface area contributed by atoms with Gasteiger partial charge in [-0.05, 0) is 61.8 Å². The van der Waals surface area contributed by atoms with E-state index in [4.69, 9.17) is 16.3 Å². The summed E-state index contributed by atoms with van der Waals surface area (Å²) < 4.78 is 5.90. The highest BCUT2D eigenvalue weighted by Crippen LogP contribution is 2.27. The Morgan fingerprint density at radius 2 is 2.00 bits per heavy atom. The number of nitrogens with zero attached hydrogens (tertiary/aromatic N) is 2. The van der Waals surface area contributed by atoms with Crippen LogP contribution in [0.25, 0.3) is 0 Å². The molecule has 0 fully saturated rings. The third-order valence-corrected chi connectivity index (χ3v) is 4.96. The standard InChI is InChI=1S/C21H27ClN2O/c1-23(2)11-5-13-25-19-8-3-6-17(14-19)15-24-12-10-20-18(16-24)7-4-9-21(20)22/h3-4,6-9,14H,5,10-13,15-16H2,1-2H3. The van der Waals surface area contributed by atoms with E-state index in [-0.39, 0.29) is 0 Å². The predicted molar refractivity (Wildman–Crippen MR) is 104 cm³/mol. The maximum Gasteiger partial charge on any atom is 0.119 e. The zero-order valence-electron chi connectivity index (χ0n) is 15.2. The molecule has 0 spiro atoms. The van der Waals surface area contributed by atoms with Gasteiger partial charge in [0, 0.05) is 31.2 Å². The highest BCUT2D eigenvalue weighted by molar-refractivity contribution is 6.31. The molecule has 0 N–H and O–H groups in total. The first-order chi connectivity index (χ1) is 12.1. The second kappa shape index (κ2) is 8.70. The largest absolute Gasteiger partial charge is 0.494 e. The van der Waals surface area contributed by atoms with Crippen LogP contribution < -0.4 is 4.74 Å². The molecule has 0 saturated heterocycles. The summed E-state index contributed by atoms with van der Waals surface area (Å²) in [5, 5.41) is 0.908. The van der Waals surface area contributed by atoms with Crippen molar-refractivity contribution in [3.63, 3.8) is 0 Å². The first-order valence-electron chi connectivity index (χ1n) is 8.97. The molecular weight excluding hydrogens is 332 g/mol. The molecule has 0 aliphatic carbocycles. The van der Waals surface area contributed by atoms with Gasteiger partial charge in [0.15, 0.2) is 0 Å². The smallest absolute Gasteiger partial charge is 0.119 e. The van der Waals surface area contributed by atoms with E-state index >= 15 is 0 Å². The first-order valence-corrected chi connectivity index (χ1v) is 9.35. The van der Waals surface area contributed by atoms with Crippen LogP contribution in [0, 0.1) is 0 Å². The molecule has 0 amide bonds. The molecule has 0 saturated carbocycles. The average molecular weight is 359 g/mol. The van der Waals surface area contributed by atoms with Crippen molar-refractivity contribution in [2.24, 2.45) is 0 Å². The van der Waals surface area contributed by atoms with Gasteiger partial charge in [-0.25, -0.2) is 0 Å². The predicted octanol–water partition coefficient (Wildman–Crippen LogP) is 4.23. The molecule has 0 atom stereocenters. The summed E-state index contributed by atoms with van der Waals surface area (Å²) in [7, 11) is 4.18. The molecule has 25 heavy (non-hydrogen) atoms. The van der Waals surface area contributed by atoms with Gasteiger partial charge in [0.1, 0.15) is 5.75 Å². The molecule has 0 unspecified atom stereocenters. The molecule has 1 aliphatic rings. The number of hydrogen-bond donors (Lipinski definition) is 0. The van der Waals surface area contributed by atoms with Gasteiger partial charge < -0.3 is 9.64 Å². The van der Waals surface area contributed by atoms with Crippen molar-refractivity contribution >= 4 is 11.6 Å². The SMILES string of the molecule is CN(C)CCCOc1cccc(CN2CCc3c(Cl)cccc3C2)c1. The Morgan fingerprint density at radius 3 is 2.84 bits per heavy atom. The molecule has 3 rings (SSSR count). The average Bonchev–Trinajstić information content (AvgIpc) is 2.59. The topological polar surface area (TPSA) is 15.7 Å². The van der Waals surface area contributed by atoms with Crippen LogP contribution in [-0.4, -0.2) is 43.6 Å². The van der Waals surface area contributed by atoms with Crippen LogP contribution in [0.5, 0.6) is 5.75 Å². The van der Waals surface area contributed by atoms with Crippen molar-refractivity contribution in [3.05, 3.63) is 64.2 Å². The third kappa shape index (κ3) is 5.21. The van der Waals surface area contributed by atoms with Crippen LogP contribution in [-0.2, 0) is 19.5 Å². The Balaban J connectivity index is 1.56. The van der Waals surface area contributed by atoms with Crippen LogP contribution >= 0.6 is 11.6 Å². The molecule has 1 aliphatic heterocycles. The minimum absolute atomic E-state index is 0.761. The fourth-order valence-electron chi connectivity index (χ4n) is 3.32. The van der Waals surface area contributed by atoms with Crippen LogP contribution in [0.1, 0.15) is 23.1 Å². The van der Waals surface area contributed by atoms with Gasteiger partial charge in [-0.15, -0.1) is 0 Å². The maximum absolute atomic E-state index is 6.31. The van der Waals surface area contributed by atoms with Gasteiger partial charge >= 0.3 is 0 Å². The van der Waals surface area contributed by atoms with E-state index in [0.717, 1.165) is 56.4 Å². The van der Waals surface area contributed by atoms with E-state index < -0.39 is 0 Å². The highest BCUT2D eigenvalue weighted by Gasteiger charge is 2.18. The van der Waals surface area contributed by atoms with Gasteiger partial charge in [0.05, 0.1) is 6.61 Å². The van der Waals surface area contributed by atoms with E-state index in [1.54, 1.807) is 0 Å². The van der Waals surface area contributed by atoms with Gasteiger partial charge in [-0.2, -0.15) is 0 Å². The second-order valence-electron chi connectivity index (χ2n) is 6.99. The summed E-state index contributed by atoms with van der Waals surface area (Å²) in [5.74, 6) is 0.969. The number of fused-ring (bicyclic) bond motifs is 1. The van der Waals surface area contributed by atoms with E-state index in [2.05, 4.69) is 48.2 Å². The Morgan fingerprint density at radius 1 is 1.16 bits per heavy atom. The van der Waals surface area contributed by atoms with Crippen LogP contribution in [0.2, 0.25) is 5.02 Å². The fraction of sp³-hybridized carbons (Fsp3) is 0.429. The van der Waals surface area contributed by atoms with Crippen molar-refractivity contribution in [1.82, 2.24) is 9.80 Å². The van der Waals surface area contributed by atoms with E-state index in [1.807, 2.05) is 18.2 Å². The minimum Gasteiger partial charge on any atom is -0.494 e. The lowest BCUT2D eigenvalue weighted by Crippen LogP contribution is -2.30. The Hall–Kier alpha value is -1.55. The van der Waals surface area contributed by atoms with Crippen molar-refractivity contribution in [1.29, 1.82) is 0 Å². The lowest BCUT2D eigenvalue weighted by Gasteiger charge is -2.29. The number of benzene rings is 2. The Kier molecular flexibility index (Phi) is 6.35. The molecule has 3 nitrogen and oxygen atoms in total. The Labute approximate surface area is 156 Å². The van der Waals surface area contributed by atoms with Gasteiger partial charge in [-0.3, -0.25) is 4.90 Å². The van der Waals surface area contributed by atoms with E-state index in [1.165, 1.54) is 16.7 Å². The number of rotatable bonds is 7. The first kappa shape index (κ1) is 18.2. The van der Waals surface area contributed by atoms with Crippen molar-refractivity contribution in [3.8, 4) is 5.75 Å². The lowest BCUT2D eigenvalue weighted by molar-refractivity contribution is 0.244. The quantitative estimate of drug-likeness (QED) is 0.689. The molecule has 134 valence electrons. The molecule has 0 bridgehead atoms. The van der Waals surface area contributed by atoms with Crippen molar-refractivity contribution in [2.45, 2.75) is 25.9 Å². The molecule has 1 heterocycles. The van der Waals surface area contributed by atoms with Crippen molar-refractivity contribution < 1.29 is 4.74 Å². The maximum atomic E-state index is 6.31. The summed E-state index contributed by atoms with van der Waals surface area (Å²) in [6.07, 6.45) is 2.07. The normalized spacial score (nSPS) is 14.6. The summed E-state index contributed by atoms with van der Waals surface area (Å²) in [5.41, 5.74) is 3.98. The fourth-order valence-corrected chi connectivity index (χ4v) is 3.61. The van der Waals surface area contributed by atoms with E-state index in [0.29, 0.717) is 0 Å². The second-order valence-corrected chi connectivity index (χ2v) is 7.40. The summed E-state index contributed by atoms with van der Waals surface area (Å²) in [6.45, 7) is 4.77. The number of halogens is 1. The molecular formula is C21H27ClN2O. The zero-order chi connectivity index (χ0) is 17.6. The van der Waals surface area contributed by atoms with Crippen LogP contribution in [0.3, 0.4) is 0 Å². The highest BCUT2D eigenvalue weighted by atomic mass is 35.5. The van der Waals surface area contributed by atoms with Gasteiger partial charge in [-0.1, -0.05) is 35.9 Å².